The van der Waals surface area contributed by atoms with Gasteiger partial charge in [0.2, 0.25) is 0 Å². The predicted molar refractivity (Wildman–Crippen MR) is 86.6 cm³/mol. The molecule has 1 atom stereocenters. The number of nitro benzene ring substituents is 1. The van der Waals surface area contributed by atoms with E-state index in [-0.39, 0.29) is 28.3 Å². The van der Waals surface area contributed by atoms with Gasteiger partial charge in [0.15, 0.2) is 11.5 Å². The molecule has 0 radical (unpaired) electrons. The maximum absolute atomic E-state index is 12.9. The lowest BCUT2D eigenvalue weighted by Crippen LogP contribution is -2.33. The Morgan fingerprint density at radius 1 is 1.29 bits per heavy atom. The number of ether oxygens (including phenoxy) is 2. The zero-order valence-electron chi connectivity index (χ0n) is 13.8. The third-order valence-electron chi connectivity index (χ3n) is 4.99. The van der Waals surface area contributed by atoms with Gasteiger partial charge in [-0.25, -0.2) is 0 Å². The van der Waals surface area contributed by atoms with Crippen molar-refractivity contribution in [2.45, 2.75) is 12.8 Å². The Kier molecular flexibility index (Phi) is 4.31. The first-order valence-corrected chi connectivity index (χ1v) is 7.90. The van der Waals surface area contributed by atoms with Gasteiger partial charge >= 0.3 is 0 Å². The molecule has 0 aliphatic carbocycles. The summed E-state index contributed by atoms with van der Waals surface area (Å²) >= 11 is 0. The van der Waals surface area contributed by atoms with E-state index in [2.05, 4.69) is 5.32 Å². The topological polar surface area (TPSA) is 93.9 Å². The molecule has 1 unspecified atom stereocenters. The molecular weight excluding hydrogens is 314 g/mol. The Morgan fingerprint density at radius 3 is 2.58 bits per heavy atom. The van der Waals surface area contributed by atoms with E-state index in [1.54, 1.807) is 4.90 Å². The van der Waals surface area contributed by atoms with E-state index < -0.39 is 4.92 Å². The second kappa shape index (κ2) is 6.27. The van der Waals surface area contributed by atoms with Gasteiger partial charge in [-0.1, -0.05) is 0 Å². The van der Waals surface area contributed by atoms with Crippen molar-refractivity contribution in [3.05, 3.63) is 27.8 Å². The summed E-state index contributed by atoms with van der Waals surface area (Å²) in [5.74, 6) is 0.216. The Labute approximate surface area is 139 Å². The van der Waals surface area contributed by atoms with Crippen molar-refractivity contribution in [1.29, 1.82) is 0 Å². The Balaban J connectivity index is 1.92. The van der Waals surface area contributed by atoms with Crippen LogP contribution in [-0.4, -0.2) is 56.1 Å². The van der Waals surface area contributed by atoms with Gasteiger partial charge in [-0.15, -0.1) is 0 Å². The van der Waals surface area contributed by atoms with E-state index >= 15 is 0 Å². The van der Waals surface area contributed by atoms with Crippen LogP contribution in [0.4, 0.5) is 5.69 Å². The quantitative estimate of drug-likeness (QED) is 0.661. The van der Waals surface area contributed by atoms with Crippen LogP contribution < -0.4 is 14.8 Å². The van der Waals surface area contributed by atoms with Gasteiger partial charge in [-0.2, -0.15) is 0 Å². The summed E-state index contributed by atoms with van der Waals surface area (Å²) in [5.41, 5.74) is -0.107. The monoisotopic (exact) mass is 335 g/mol. The molecule has 1 spiro atoms. The minimum atomic E-state index is -0.557. The van der Waals surface area contributed by atoms with Gasteiger partial charge in [0.05, 0.1) is 25.2 Å². The number of nitro groups is 1. The number of nitrogens with one attached hydrogen (secondary N) is 1. The van der Waals surface area contributed by atoms with Crippen LogP contribution in [0.5, 0.6) is 11.5 Å². The van der Waals surface area contributed by atoms with Crippen LogP contribution in [0.2, 0.25) is 0 Å². The highest BCUT2D eigenvalue weighted by Gasteiger charge is 2.43. The third kappa shape index (κ3) is 2.77. The molecule has 0 saturated carbocycles. The van der Waals surface area contributed by atoms with Gasteiger partial charge < -0.3 is 19.7 Å². The van der Waals surface area contributed by atoms with Crippen LogP contribution in [0.1, 0.15) is 23.2 Å². The largest absolute Gasteiger partial charge is 0.493 e. The molecule has 8 heteroatoms. The lowest BCUT2D eigenvalue weighted by molar-refractivity contribution is -0.385. The Hall–Kier alpha value is -2.35. The number of nitrogens with zero attached hydrogens (tertiary/aromatic N) is 2. The summed E-state index contributed by atoms with van der Waals surface area (Å²) in [4.78, 5) is 25.4. The van der Waals surface area contributed by atoms with Gasteiger partial charge in [0.25, 0.3) is 11.6 Å². The molecule has 1 N–H and O–H groups in total. The number of rotatable bonds is 4. The second-order valence-electron chi connectivity index (χ2n) is 6.38. The second-order valence-corrected chi connectivity index (χ2v) is 6.38. The highest BCUT2D eigenvalue weighted by Crippen LogP contribution is 2.39. The van der Waals surface area contributed by atoms with E-state index in [1.165, 1.54) is 26.4 Å². The standard InChI is InChI=1S/C16H21N3O5/c1-23-13-7-11(12(19(21)22)8-14(13)24-2)15(20)18-6-4-16(10-18)3-5-17-9-16/h7-8,17H,3-6,9-10H2,1-2H3. The van der Waals surface area contributed by atoms with E-state index in [1.807, 2.05) is 0 Å². The number of amides is 1. The minimum absolute atomic E-state index is 0.0423. The molecule has 2 fully saturated rings. The van der Waals surface area contributed by atoms with Crippen molar-refractivity contribution < 1.29 is 19.2 Å². The summed E-state index contributed by atoms with van der Waals surface area (Å²) in [5, 5.41) is 14.7. The average Bonchev–Trinajstić information content (AvgIpc) is 3.23. The van der Waals surface area contributed by atoms with Crippen LogP contribution in [0.3, 0.4) is 0 Å². The van der Waals surface area contributed by atoms with Crippen LogP contribution in [0.15, 0.2) is 12.1 Å². The molecule has 24 heavy (non-hydrogen) atoms. The van der Waals surface area contributed by atoms with Gasteiger partial charge in [0.1, 0.15) is 5.56 Å². The summed E-state index contributed by atoms with van der Waals surface area (Å²) in [6.07, 6.45) is 1.96. The molecule has 2 heterocycles. The molecule has 2 aliphatic rings. The molecule has 1 aromatic rings. The number of carbonyl (C=O) groups excluding carboxylic acids is 1. The lowest BCUT2D eigenvalue weighted by Gasteiger charge is -2.23. The summed E-state index contributed by atoms with van der Waals surface area (Å²) in [6, 6.07) is 2.65. The Morgan fingerprint density at radius 2 is 2.00 bits per heavy atom. The molecule has 3 rings (SSSR count). The smallest absolute Gasteiger partial charge is 0.286 e. The maximum atomic E-state index is 12.9. The normalized spacial score (nSPS) is 22.8. The molecule has 1 amide bonds. The number of benzene rings is 1. The van der Waals surface area contributed by atoms with E-state index in [4.69, 9.17) is 9.47 Å². The predicted octanol–water partition coefficient (Wildman–Crippen LogP) is 1.44. The number of methoxy groups -OCH3 is 2. The first kappa shape index (κ1) is 16.5. The fourth-order valence-corrected chi connectivity index (χ4v) is 3.61. The molecule has 2 saturated heterocycles. The molecule has 1 aromatic carbocycles. The van der Waals surface area contributed by atoms with Crippen molar-refractivity contribution in [2.75, 3.05) is 40.4 Å². The van der Waals surface area contributed by atoms with Crippen molar-refractivity contribution >= 4 is 11.6 Å². The molecule has 0 aromatic heterocycles. The average molecular weight is 335 g/mol. The number of likely N-dealkylation sites (tertiary alicyclic amines) is 1. The number of hydrogen-bond donors (Lipinski definition) is 1. The Bertz CT molecular complexity index is 670. The fourth-order valence-electron chi connectivity index (χ4n) is 3.61. The zero-order valence-corrected chi connectivity index (χ0v) is 13.8. The number of hydrogen-bond acceptors (Lipinski definition) is 6. The van der Waals surface area contributed by atoms with Crippen LogP contribution in [-0.2, 0) is 0 Å². The first-order chi connectivity index (χ1) is 11.5. The summed E-state index contributed by atoms with van der Waals surface area (Å²) in [7, 11) is 2.84. The molecule has 130 valence electrons. The SMILES string of the molecule is COc1cc(C(=O)N2CCC3(CCNC3)C2)c([N+](=O)[O-])cc1OC. The highest BCUT2D eigenvalue weighted by atomic mass is 16.6. The van der Waals surface area contributed by atoms with Crippen LogP contribution in [0, 0.1) is 15.5 Å². The van der Waals surface area contributed by atoms with E-state index in [0.717, 1.165) is 25.9 Å². The van der Waals surface area contributed by atoms with Crippen molar-refractivity contribution in [2.24, 2.45) is 5.41 Å². The zero-order chi connectivity index (χ0) is 17.3. The highest BCUT2D eigenvalue weighted by molar-refractivity contribution is 5.99. The van der Waals surface area contributed by atoms with E-state index in [0.29, 0.717) is 18.8 Å². The maximum Gasteiger partial charge on any atom is 0.286 e. The van der Waals surface area contributed by atoms with Crippen LogP contribution in [0.25, 0.3) is 0 Å². The van der Waals surface area contributed by atoms with Gasteiger partial charge in [0, 0.05) is 31.1 Å². The lowest BCUT2D eigenvalue weighted by atomic mass is 9.86. The fraction of sp³-hybridized carbons (Fsp3) is 0.562. The van der Waals surface area contributed by atoms with Crippen molar-refractivity contribution in [3.8, 4) is 11.5 Å². The molecule has 8 nitrogen and oxygen atoms in total. The van der Waals surface area contributed by atoms with Crippen molar-refractivity contribution in [1.82, 2.24) is 10.2 Å². The summed E-state index contributed by atoms with van der Waals surface area (Å²) < 4.78 is 10.3. The van der Waals surface area contributed by atoms with E-state index in [9.17, 15) is 14.9 Å². The molecule has 0 bridgehead atoms. The van der Waals surface area contributed by atoms with Gasteiger partial charge in [-0.3, -0.25) is 14.9 Å². The molecule has 2 aliphatic heterocycles. The van der Waals surface area contributed by atoms with Crippen LogP contribution >= 0.6 is 0 Å². The van der Waals surface area contributed by atoms with Crippen molar-refractivity contribution in [3.63, 3.8) is 0 Å². The minimum Gasteiger partial charge on any atom is -0.493 e. The summed E-state index contributed by atoms with van der Waals surface area (Å²) in [6.45, 7) is 3.10. The number of carbonyl (C=O) groups is 1. The third-order valence-corrected chi connectivity index (χ3v) is 4.99. The van der Waals surface area contributed by atoms with Gasteiger partial charge in [-0.05, 0) is 19.4 Å². The molecular formula is C16H21N3O5. The first-order valence-electron chi connectivity index (χ1n) is 7.90.